The third-order valence-electron chi connectivity index (χ3n) is 4.18. The second-order valence-electron chi connectivity index (χ2n) is 6.03. The molecule has 1 aliphatic rings. The maximum absolute atomic E-state index is 12.1. The molecule has 1 aliphatic carbocycles. The van der Waals surface area contributed by atoms with Crippen molar-refractivity contribution in [1.29, 1.82) is 0 Å². The fourth-order valence-corrected chi connectivity index (χ4v) is 2.90. The number of amides is 2. The molecule has 1 heterocycles. The van der Waals surface area contributed by atoms with Gasteiger partial charge in [-0.25, -0.2) is 0 Å². The first-order chi connectivity index (χ1) is 11.7. The summed E-state index contributed by atoms with van der Waals surface area (Å²) in [7, 11) is 0. The molecular weight excluding hydrogens is 306 g/mol. The van der Waals surface area contributed by atoms with Crippen LogP contribution in [0.3, 0.4) is 0 Å². The molecule has 6 heteroatoms. The van der Waals surface area contributed by atoms with Crippen LogP contribution in [0, 0.1) is 0 Å². The first kappa shape index (κ1) is 16.2. The predicted octanol–water partition coefficient (Wildman–Crippen LogP) is 2.52. The van der Waals surface area contributed by atoms with Gasteiger partial charge in [0.25, 0.3) is 5.91 Å². The Bertz CT molecular complexity index is 691. The summed E-state index contributed by atoms with van der Waals surface area (Å²) in [5, 5.41) is 9.31. The van der Waals surface area contributed by atoms with E-state index in [9.17, 15) is 9.59 Å². The van der Waals surface area contributed by atoms with Gasteiger partial charge in [-0.05, 0) is 12.8 Å². The van der Waals surface area contributed by atoms with Crippen LogP contribution in [0.2, 0.25) is 0 Å². The number of nitrogens with one attached hydrogen (secondary N) is 2. The van der Waals surface area contributed by atoms with Gasteiger partial charge in [-0.3, -0.25) is 9.59 Å². The van der Waals surface area contributed by atoms with Crippen molar-refractivity contribution in [2.24, 2.45) is 0 Å². The minimum atomic E-state index is -0.417. The SMILES string of the molecule is O=C(CNC(=O)c1cc(-c2ccccc2)on1)NC1CCCCC1. The molecule has 0 aliphatic heterocycles. The number of rotatable bonds is 5. The van der Waals surface area contributed by atoms with E-state index in [4.69, 9.17) is 4.52 Å². The van der Waals surface area contributed by atoms with Gasteiger partial charge >= 0.3 is 0 Å². The maximum Gasteiger partial charge on any atom is 0.273 e. The van der Waals surface area contributed by atoms with Crippen molar-refractivity contribution in [3.05, 3.63) is 42.1 Å². The van der Waals surface area contributed by atoms with Crippen molar-refractivity contribution in [3.63, 3.8) is 0 Å². The van der Waals surface area contributed by atoms with Crippen LogP contribution in [0.5, 0.6) is 0 Å². The highest BCUT2D eigenvalue weighted by molar-refractivity contribution is 5.95. The summed E-state index contributed by atoms with van der Waals surface area (Å²) in [6.07, 6.45) is 5.57. The van der Waals surface area contributed by atoms with E-state index in [1.54, 1.807) is 6.07 Å². The molecule has 1 aromatic heterocycles. The number of nitrogens with zero attached hydrogens (tertiary/aromatic N) is 1. The van der Waals surface area contributed by atoms with Crippen LogP contribution < -0.4 is 10.6 Å². The molecule has 24 heavy (non-hydrogen) atoms. The van der Waals surface area contributed by atoms with Crippen LogP contribution in [0.25, 0.3) is 11.3 Å². The quantitative estimate of drug-likeness (QED) is 0.884. The molecule has 0 spiro atoms. The summed E-state index contributed by atoms with van der Waals surface area (Å²) in [6.45, 7) is -0.0527. The van der Waals surface area contributed by atoms with Crippen molar-refractivity contribution >= 4 is 11.8 Å². The summed E-state index contributed by atoms with van der Waals surface area (Å²) < 4.78 is 5.19. The second kappa shape index (κ2) is 7.77. The van der Waals surface area contributed by atoms with Gasteiger partial charge in [-0.1, -0.05) is 54.8 Å². The van der Waals surface area contributed by atoms with Crippen molar-refractivity contribution in [1.82, 2.24) is 15.8 Å². The minimum Gasteiger partial charge on any atom is -0.355 e. The molecule has 0 unspecified atom stereocenters. The smallest absolute Gasteiger partial charge is 0.273 e. The van der Waals surface area contributed by atoms with Crippen LogP contribution in [0.15, 0.2) is 40.9 Å². The predicted molar refractivity (Wildman–Crippen MR) is 89.3 cm³/mol. The maximum atomic E-state index is 12.1. The first-order valence-electron chi connectivity index (χ1n) is 8.32. The van der Waals surface area contributed by atoms with E-state index in [-0.39, 0.29) is 24.2 Å². The molecule has 1 fully saturated rings. The first-order valence-corrected chi connectivity index (χ1v) is 8.32. The van der Waals surface area contributed by atoms with Gasteiger partial charge in [0, 0.05) is 17.7 Å². The van der Waals surface area contributed by atoms with Gasteiger partial charge in [-0.2, -0.15) is 0 Å². The summed E-state index contributed by atoms with van der Waals surface area (Å²) in [6, 6.07) is 11.2. The fraction of sp³-hybridized carbons (Fsp3) is 0.389. The molecule has 3 rings (SSSR count). The molecule has 1 aromatic carbocycles. The Morgan fingerprint density at radius 1 is 1.12 bits per heavy atom. The Morgan fingerprint density at radius 2 is 1.88 bits per heavy atom. The van der Waals surface area contributed by atoms with E-state index in [1.807, 2.05) is 30.3 Å². The molecule has 2 amide bonds. The second-order valence-corrected chi connectivity index (χ2v) is 6.03. The molecule has 2 N–H and O–H groups in total. The zero-order valence-corrected chi connectivity index (χ0v) is 13.5. The van der Waals surface area contributed by atoms with Gasteiger partial charge < -0.3 is 15.2 Å². The van der Waals surface area contributed by atoms with Crippen molar-refractivity contribution in [3.8, 4) is 11.3 Å². The summed E-state index contributed by atoms with van der Waals surface area (Å²) >= 11 is 0. The molecule has 1 saturated carbocycles. The summed E-state index contributed by atoms with van der Waals surface area (Å²) in [4.78, 5) is 24.0. The summed E-state index contributed by atoms with van der Waals surface area (Å²) in [5.41, 5.74) is 1.01. The lowest BCUT2D eigenvalue weighted by atomic mass is 9.95. The minimum absolute atomic E-state index is 0.0527. The van der Waals surface area contributed by atoms with E-state index < -0.39 is 5.91 Å². The normalized spacial score (nSPS) is 15.0. The van der Waals surface area contributed by atoms with Gasteiger partial charge in [0.2, 0.25) is 5.91 Å². The van der Waals surface area contributed by atoms with Gasteiger partial charge in [0.15, 0.2) is 11.5 Å². The standard InChI is InChI=1S/C18H21N3O3/c22-17(20-14-9-5-2-6-10-14)12-19-18(23)15-11-16(24-21-15)13-7-3-1-4-8-13/h1,3-4,7-8,11,14H,2,5-6,9-10,12H2,(H,19,23)(H,20,22). The number of benzene rings is 1. The molecule has 0 bridgehead atoms. The summed E-state index contributed by atoms with van der Waals surface area (Å²) in [5.74, 6) is -0.0610. The molecule has 126 valence electrons. The Balaban J connectivity index is 1.50. The number of aromatic nitrogens is 1. The molecular formula is C18H21N3O3. The molecule has 2 aromatic rings. The molecule has 0 radical (unpaired) electrons. The van der Waals surface area contributed by atoms with E-state index >= 15 is 0 Å². The number of hydrogen-bond acceptors (Lipinski definition) is 4. The molecule has 6 nitrogen and oxygen atoms in total. The van der Waals surface area contributed by atoms with Crippen LogP contribution in [-0.2, 0) is 4.79 Å². The van der Waals surface area contributed by atoms with E-state index in [0.29, 0.717) is 5.76 Å². The van der Waals surface area contributed by atoms with E-state index in [0.717, 1.165) is 31.2 Å². The molecule has 0 atom stereocenters. The molecule has 0 saturated heterocycles. The van der Waals surface area contributed by atoms with Crippen molar-refractivity contribution in [2.75, 3.05) is 6.54 Å². The number of carbonyl (C=O) groups is 2. The Labute approximate surface area is 140 Å². The van der Waals surface area contributed by atoms with Crippen molar-refractivity contribution in [2.45, 2.75) is 38.1 Å². The number of carbonyl (C=O) groups excluding carboxylic acids is 2. The highest BCUT2D eigenvalue weighted by atomic mass is 16.5. The average molecular weight is 327 g/mol. The van der Waals surface area contributed by atoms with E-state index in [1.165, 1.54) is 6.42 Å². The topological polar surface area (TPSA) is 84.2 Å². The highest BCUT2D eigenvalue weighted by Crippen LogP contribution is 2.19. The Kier molecular flexibility index (Phi) is 5.25. The van der Waals surface area contributed by atoms with Crippen LogP contribution in [-0.4, -0.2) is 29.6 Å². The van der Waals surface area contributed by atoms with Crippen LogP contribution in [0.1, 0.15) is 42.6 Å². The van der Waals surface area contributed by atoms with E-state index in [2.05, 4.69) is 15.8 Å². The van der Waals surface area contributed by atoms with Crippen LogP contribution in [0.4, 0.5) is 0 Å². The Morgan fingerprint density at radius 3 is 2.62 bits per heavy atom. The van der Waals surface area contributed by atoms with Crippen LogP contribution >= 0.6 is 0 Å². The lowest BCUT2D eigenvalue weighted by Crippen LogP contribution is -2.42. The lowest BCUT2D eigenvalue weighted by molar-refractivity contribution is -0.121. The zero-order valence-electron chi connectivity index (χ0n) is 13.5. The highest BCUT2D eigenvalue weighted by Gasteiger charge is 2.17. The van der Waals surface area contributed by atoms with Gasteiger partial charge in [-0.15, -0.1) is 0 Å². The Hall–Kier alpha value is -2.63. The monoisotopic (exact) mass is 327 g/mol. The van der Waals surface area contributed by atoms with Gasteiger partial charge in [0.1, 0.15) is 0 Å². The third-order valence-corrected chi connectivity index (χ3v) is 4.18. The number of hydrogen-bond donors (Lipinski definition) is 2. The average Bonchev–Trinajstić information content (AvgIpc) is 3.11. The fourth-order valence-electron chi connectivity index (χ4n) is 2.90. The van der Waals surface area contributed by atoms with Gasteiger partial charge in [0.05, 0.1) is 6.54 Å². The zero-order chi connectivity index (χ0) is 16.8. The third kappa shape index (κ3) is 4.22. The van der Waals surface area contributed by atoms with Crippen molar-refractivity contribution < 1.29 is 14.1 Å². The lowest BCUT2D eigenvalue weighted by Gasteiger charge is -2.22. The largest absolute Gasteiger partial charge is 0.355 e.